The van der Waals surface area contributed by atoms with E-state index in [0.717, 1.165) is 18.2 Å². The second kappa shape index (κ2) is 6.69. The average molecular weight is 338 g/mol. The summed E-state index contributed by atoms with van der Waals surface area (Å²) in [5, 5.41) is 20.7. The van der Waals surface area contributed by atoms with Gasteiger partial charge in [-0.05, 0) is 25.3 Å². The number of aliphatic hydroxyl groups is 1. The smallest absolute Gasteiger partial charge is 0.324 e. The molecule has 1 aromatic rings. The minimum atomic E-state index is -4.31. The zero-order valence-electron chi connectivity index (χ0n) is 11.4. The lowest BCUT2D eigenvalue weighted by Gasteiger charge is -2.22. The maximum Gasteiger partial charge on any atom is 0.324 e. The zero-order valence-corrected chi connectivity index (χ0v) is 13.0. The first-order valence-corrected chi connectivity index (χ1v) is 8.62. The predicted octanol–water partition coefficient (Wildman–Crippen LogP) is 1.13. The molecular weight excluding hydrogens is 323 g/mol. The van der Waals surface area contributed by atoms with Gasteiger partial charge in [-0.3, -0.25) is 10.1 Å². The molecule has 0 aliphatic rings. The van der Waals surface area contributed by atoms with Crippen molar-refractivity contribution < 1.29 is 22.8 Å². The van der Waals surface area contributed by atoms with E-state index in [1.807, 2.05) is 0 Å². The second-order valence-corrected chi connectivity index (χ2v) is 7.20. The Morgan fingerprint density at radius 2 is 2.14 bits per heavy atom. The molecule has 1 aromatic carbocycles. The van der Waals surface area contributed by atoms with Crippen LogP contribution in [0.25, 0.3) is 0 Å². The molecule has 0 aromatic heterocycles. The number of nitrogens with zero attached hydrogens (tertiary/aromatic N) is 1. The first-order chi connectivity index (χ1) is 9.60. The Bertz CT molecular complexity index is 634. The lowest BCUT2D eigenvalue weighted by molar-refractivity contribution is -0.390. The minimum Gasteiger partial charge on any atom is -0.388 e. The van der Waals surface area contributed by atoms with E-state index in [-0.39, 0.29) is 12.3 Å². The van der Waals surface area contributed by atoms with Crippen LogP contribution in [0.5, 0.6) is 0 Å². The van der Waals surface area contributed by atoms with Gasteiger partial charge in [-0.15, -0.1) is 0 Å². The number of nitrogens with one attached hydrogen (secondary N) is 1. The van der Waals surface area contributed by atoms with Crippen LogP contribution in [0.1, 0.15) is 6.92 Å². The van der Waals surface area contributed by atoms with Gasteiger partial charge in [-0.1, -0.05) is 6.07 Å². The van der Waals surface area contributed by atoms with Gasteiger partial charge in [0.1, 0.15) is 0 Å². The molecule has 2 N–H and O–H groups in total. The number of rotatable bonds is 7. The lowest BCUT2D eigenvalue weighted by Crippen LogP contribution is -2.42. The molecule has 21 heavy (non-hydrogen) atoms. The monoisotopic (exact) mass is 338 g/mol. The number of thioether (sulfide) groups is 1. The second-order valence-electron chi connectivity index (χ2n) is 4.60. The number of hydrogen-bond acceptors (Lipinski definition) is 6. The van der Waals surface area contributed by atoms with Crippen LogP contribution in [0, 0.1) is 15.9 Å². The van der Waals surface area contributed by atoms with Crippen molar-refractivity contribution in [1.29, 1.82) is 0 Å². The summed E-state index contributed by atoms with van der Waals surface area (Å²) in [5.41, 5.74) is -2.44. The summed E-state index contributed by atoms with van der Waals surface area (Å²) in [4.78, 5) is 8.95. The molecule has 0 bridgehead atoms. The van der Waals surface area contributed by atoms with Crippen LogP contribution in [-0.2, 0) is 10.0 Å². The largest absolute Gasteiger partial charge is 0.388 e. The Labute approximate surface area is 125 Å². The van der Waals surface area contributed by atoms with Crippen LogP contribution >= 0.6 is 11.8 Å². The summed E-state index contributed by atoms with van der Waals surface area (Å²) in [6, 6.07) is 2.81. The zero-order chi connectivity index (χ0) is 16.3. The van der Waals surface area contributed by atoms with Crippen molar-refractivity contribution in [2.45, 2.75) is 17.4 Å². The number of hydrogen-bond donors (Lipinski definition) is 2. The summed E-state index contributed by atoms with van der Waals surface area (Å²) in [7, 11) is -4.31. The maximum absolute atomic E-state index is 13.4. The Balaban J connectivity index is 3.10. The average Bonchev–Trinajstić information content (AvgIpc) is 2.36. The van der Waals surface area contributed by atoms with Gasteiger partial charge in [0.15, 0.2) is 4.90 Å². The molecule has 0 saturated carbocycles. The first kappa shape index (κ1) is 17.8. The predicted molar refractivity (Wildman–Crippen MR) is 77.2 cm³/mol. The number of sulfonamides is 1. The normalized spacial score (nSPS) is 14.7. The fourth-order valence-corrected chi connectivity index (χ4v) is 3.64. The maximum atomic E-state index is 13.4. The van der Waals surface area contributed by atoms with Crippen molar-refractivity contribution in [2.24, 2.45) is 0 Å². The molecule has 1 atom stereocenters. The van der Waals surface area contributed by atoms with Crippen molar-refractivity contribution in [3.63, 3.8) is 0 Å². The molecule has 7 nitrogen and oxygen atoms in total. The lowest BCUT2D eigenvalue weighted by atomic mass is 10.1. The molecule has 0 aliphatic carbocycles. The van der Waals surface area contributed by atoms with Crippen LogP contribution < -0.4 is 4.72 Å². The standard InChI is InChI=1S/C11H15FN2O5S2/c1-11(15,7-20-2)6-13-21(18,19)9-5-3-4-8(12)10(9)14(16)17/h3-5,13,15H,6-7H2,1-2H3. The molecule has 1 unspecified atom stereocenters. The quantitative estimate of drug-likeness (QED) is 0.570. The molecule has 0 heterocycles. The van der Waals surface area contributed by atoms with E-state index in [9.17, 15) is 28.0 Å². The highest BCUT2D eigenvalue weighted by Crippen LogP contribution is 2.26. The van der Waals surface area contributed by atoms with Crippen molar-refractivity contribution in [3.8, 4) is 0 Å². The summed E-state index contributed by atoms with van der Waals surface area (Å²) < 4.78 is 39.6. The third kappa shape index (κ3) is 4.63. The van der Waals surface area contributed by atoms with Gasteiger partial charge in [-0.25, -0.2) is 13.1 Å². The molecule has 0 aliphatic heterocycles. The van der Waals surface area contributed by atoms with Crippen LogP contribution in [0.4, 0.5) is 10.1 Å². The highest BCUT2D eigenvalue weighted by atomic mass is 32.2. The topological polar surface area (TPSA) is 110 Å². The molecule has 0 radical (unpaired) electrons. The minimum absolute atomic E-state index is 0.265. The first-order valence-electron chi connectivity index (χ1n) is 5.74. The Morgan fingerprint density at radius 1 is 1.52 bits per heavy atom. The number of halogens is 1. The van der Waals surface area contributed by atoms with Gasteiger partial charge in [0.25, 0.3) is 0 Å². The van der Waals surface area contributed by atoms with E-state index in [2.05, 4.69) is 4.72 Å². The fraction of sp³-hybridized carbons (Fsp3) is 0.455. The third-order valence-corrected chi connectivity index (χ3v) is 4.86. The number of nitro benzene ring substituents is 1. The van der Waals surface area contributed by atoms with E-state index in [1.165, 1.54) is 18.7 Å². The number of para-hydroxylation sites is 1. The van der Waals surface area contributed by atoms with E-state index in [4.69, 9.17) is 0 Å². The van der Waals surface area contributed by atoms with Crippen molar-refractivity contribution in [2.75, 3.05) is 18.6 Å². The van der Waals surface area contributed by atoms with Crippen molar-refractivity contribution >= 4 is 27.5 Å². The molecule has 0 amide bonds. The van der Waals surface area contributed by atoms with Gasteiger partial charge in [0.05, 0.1) is 10.5 Å². The van der Waals surface area contributed by atoms with Gasteiger partial charge < -0.3 is 5.11 Å². The Hall–Kier alpha value is -1.23. The van der Waals surface area contributed by atoms with Gasteiger partial charge >= 0.3 is 5.69 Å². The molecule has 0 spiro atoms. The SMILES string of the molecule is CSCC(C)(O)CNS(=O)(=O)c1cccc(F)c1[N+](=O)[O-]. The summed E-state index contributed by atoms with van der Waals surface area (Å²) in [6.45, 7) is 1.08. The highest BCUT2D eigenvalue weighted by Gasteiger charge is 2.31. The fourth-order valence-electron chi connectivity index (χ4n) is 1.58. The van der Waals surface area contributed by atoms with Crippen LogP contribution in [-0.4, -0.2) is 42.6 Å². The summed E-state index contributed by atoms with van der Waals surface area (Å²) in [6.07, 6.45) is 1.74. The van der Waals surface area contributed by atoms with Gasteiger partial charge in [-0.2, -0.15) is 16.2 Å². The number of benzene rings is 1. The molecule has 118 valence electrons. The van der Waals surface area contributed by atoms with Gasteiger partial charge in [0.2, 0.25) is 15.8 Å². The van der Waals surface area contributed by atoms with Crippen molar-refractivity contribution in [1.82, 2.24) is 4.72 Å². The molecule has 1 rings (SSSR count). The van der Waals surface area contributed by atoms with E-state index < -0.39 is 36.9 Å². The molecule has 10 heteroatoms. The third-order valence-electron chi connectivity index (χ3n) is 2.52. The van der Waals surface area contributed by atoms with E-state index in [0.29, 0.717) is 0 Å². The summed E-state index contributed by atoms with van der Waals surface area (Å²) >= 11 is 1.31. The summed E-state index contributed by atoms with van der Waals surface area (Å²) in [5.74, 6) is -0.973. The van der Waals surface area contributed by atoms with Crippen LogP contribution in [0.15, 0.2) is 23.1 Å². The molecular formula is C11H15FN2O5S2. The Kier molecular flexibility index (Phi) is 5.68. The van der Waals surface area contributed by atoms with Crippen LogP contribution in [0.2, 0.25) is 0 Å². The van der Waals surface area contributed by atoms with Crippen LogP contribution in [0.3, 0.4) is 0 Å². The highest BCUT2D eigenvalue weighted by molar-refractivity contribution is 7.98. The van der Waals surface area contributed by atoms with Crippen molar-refractivity contribution in [3.05, 3.63) is 34.1 Å². The van der Waals surface area contributed by atoms with E-state index in [1.54, 1.807) is 6.26 Å². The van der Waals surface area contributed by atoms with E-state index >= 15 is 0 Å². The number of nitro groups is 1. The Morgan fingerprint density at radius 3 is 2.67 bits per heavy atom. The molecule has 0 saturated heterocycles. The molecule has 0 fully saturated rings. The van der Waals surface area contributed by atoms with Gasteiger partial charge in [0, 0.05) is 12.3 Å².